The van der Waals surface area contributed by atoms with Gasteiger partial charge in [0.25, 0.3) is 5.69 Å². The molecule has 1 atom stereocenters. The number of aromatic nitrogens is 1. The number of Topliss-reactive ketones (excluding diaryl/α,β-unsaturated/α-hetero) is 1. The summed E-state index contributed by atoms with van der Waals surface area (Å²) in [5, 5.41) is 10.6. The minimum atomic E-state index is -0.508. The molecule has 104 valence electrons. The molecule has 1 unspecified atom stereocenters. The van der Waals surface area contributed by atoms with E-state index in [1.165, 1.54) is 12.3 Å². The highest BCUT2D eigenvalue weighted by Gasteiger charge is 2.24. The Bertz CT molecular complexity index is 485. The fraction of sp³-hybridized carbons (Fsp3) is 0.583. The maximum absolute atomic E-state index is 12.1. The van der Waals surface area contributed by atoms with Crippen LogP contribution in [0.3, 0.4) is 0 Å². The second-order valence-electron chi connectivity index (χ2n) is 5.03. The Labute approximate surface area is 111 Å². The van der Waals surface area contributed by atoms with Crippen molar-refractivity contribution < 1.29 is 9.72 Å². The number of nitro groups is 1. The number of hydrogen-bond donors (Lipinski definition) is 1. The van der Waals surface area contributed by atoms with Gasteiger partial charge in [0.05, 0.1) is 23.4 Å². The second kappa shape index (κ2) is 5.50. The third-order valence-electron chi connectivity index (χ3n) is 3.49. The van der Waals surface area contributed by atoms with Crippen LogP contribution in [0.25, 0.3) is 0 Å². The van der Waals surface area contributed by atoms with E-state index in [2.05, 4.69) is 28.8 Å². The number of rotatable bonds is 4. The number of ketones is 1. The maximum Gasteiger partial charge on any atom is 0.287 e. The van der Waals surface area contributed by atoms with E-state index in [-0.39, 0.29) is 11.5 Å². The van der Waals surface area contributed by atoms with Crippen molar-refractivity contribution in [2.75, 3.05) is 33.2 Å². The van der Waals surface area contributed by atoms with Gasteiger partial charge in [0.2, 0.25) is 0 Å². The van der Waals surface area contributed by atoms with Gasteiger partial charge in [0.15, 0.2) is 5.78 Å². The zero-order chi connectivity index (χ0) is 14.0. The van der Waals surface area contributed by atoms with Crippen molar-refractivity contribution in [3.05, 3.63) is 28.1 Å². The number of nitrogens with zero attached hydrogens (tertiary/aromatic N) is 3. The third-order valence-corrected chi connectivity index (χ3v) is 3.49. The average Bonchev–Trinajstić information content (AvgIpc) is 2.82. The molecule has 1 saturated heterocycles. The Morgan fingerprint density at radius 2 is 2.32 bits per heavy atom. The highest BCUT2D eigenvalue weighted by molar-refractivity contribution is 5.96. The van der Waals surface area contributed by atoms with E-state index in [1.807, 2.05) is 0 Å². The first kappa shape index (κ1) is 13.7. The normalized spacial score (nSPS) is 21.5. The number of likely N-dealkylation sites (N-methyl/N-ethyl adjacent to an activating group) is 1. The van der Waals surface area contributed by atoms with Crippen LogP contribution < -0.4 is 0 Å². The lowest BCUT2D eigenvalue weighted by Gasteiger charge is -2.37. The molecule has 1 aliphatic heterocycles. The van der Waals surface area contributed by atoms with Crippen molar-refractivity contribution in [2.24, 2.45) is 0 Å². The van der Waals surface area contributed by atoms with E-state index in [1.54, 1.807) is 0 Å². The molecule has 1 aromatic rings. The lowest BCUT2D eigenvalue weighted by molar-refractivity contribution is -0.384. The predicted molar refractivity (Wildman–Crippen MR) is 70.3 cm³/mol. The summed E-state index contributed by atoms with van der Waals surface area (Å²) >= 11 is 0. The number of nitrogens with one attached hydrogen (secondary N) is 1. The van der Waals surface area contributed by atoms with E-state index in [0.29, 0.717) is 18.3 Å². The number of H-pyrrole nitrogens is 1. The Kier molecular flexibility index (Phi) is 3.96. The lowest BCUT2D eigenvalue weighted by Crippen LogP contribution is -2.51. The van der Waals surface area contributed by atoms with Crippen LogP contribution in [0.1, 0.15) is 17.4 Å². The molecule has 1 aromatic heterocycles. The van der Waals surface area contributed by atoms with Gasteiger partial charge < -0.3 is 9.88 Å². The molecule has 7 heteroatoms. The highest BCUT2D eigenvalue weighted by Crippen LogP contribution is 2.14. The highest BCUT2D eigenvalue weighted by atomic mass is 16.6. The van der Waals surface area contributed by atoms with Crippen molar-refractivity contribution in [2.45, 2.75) is 13.0 Å². The van der Waals surface area contributed by atoms with Crippen LogP contribution in [0, 0.1) is 10.1 Å². The SMILES string of the molecule is CC1CN(C)CCN1CC(=O)c1cc([N+](=O)[O-])c[nH]1. The number of aromatic amines is 1. The Balaban J connectivity index is 1.98. The fourth-order valence-electron chi connectivity index (χ4n) is 2.33. The topological polar surface area (TPSA) is 82.5 Å². The average molecular weight is 266 g/mol. The summed E-state index contributed by atoms with van der Waals surface area (Å²) in [6, 6.07) is 1.61. The summed E-state index contributed by atoms with van der Waals surface area (Å²) in [5.74, 6) is -0.107. The van der Waals surface area contributed by atoms with Gasteiger partial charge in [-0.3, -0.25) is 19.8 Å². The van der Waals surface area contributed by atoms with Gasteiger partial charge in [0, 0.05) is 31.7 Å². The van der Waals surface area contributed by atoms with Crippen LogP contribution in [0.5, 0.6) is 0 Å². The van der Waals surface area contributed by atoms with Gasteiger partial charge in [-0.2, -0.15) is 0 Å². The van der Waals surface area contributed by atoms with E-state index < -0.39 is 4.92 Å². The van der Waals surface area contributed by atoms with Crippen LogP contribution in [0.2, 0.25) is 0 Å². The summed E-state index contributed by atoms with van der Waals surface area (Å²) in [6.07, 6.45) is 1.25. The molecule has 19 heavy (non-hydrogen) atoms. The first-order valence-electron chi connectivity index (χ1n) is 6.26. The summed E-state index contributed by atoms with van der Waals surface area (Å²) in [6.45, 7) is 5.08. The Morgan fingerprint density at radius 3 is 2.89 bits per heavy atom. The van der Waals surface area contributed by atoms with Gasteiger partial charge in [0.1, 0.15) is 0 Å². The zero-order valence-corrected chi connectivity index (χ0v) is 11.1. The van der Waals surface area contributed by atoms with E-state index in [9.17, 15) is 14.9 Å². The van der Waals surface area contributed by atoms with Crippen molar-refractivity contribution in [1.29, 1.82) is 0 Å². The lowest BCUT2D eigenvalue weighted by atomic mass is 10.1. The standard InChI is InChI=1S/C12H18N4O3/c1-9-7-14(2)3-4-15(9)8-12(17)11-5-10(6-13-11)16(18)19/h5-6,9,13H,3-4,7-8H2,1-2H3. The molecule has 0 aliphatic carbocycles. The Morgan fingerprint density at radius 1 is 1.58 bits per heavy atom. The molecular weight excluding hydrogens is 248 g/mol. The van der Waals surface area contributed by atoms with Gasteiger partial charge in [-0.25, -0.2) is 0 Å². The van der Waals surface area contributed by atoms with Crippen molar-refractivity contribution in [3.8, 4) is 0 Å². The summed E-state index contributed by atoms with van der Waals surface area (Å²) < 4.78 is 0. The van der Waals surface area contributed by atoms with Gasteiger partial charge in [-0.15, -0.1) is 0 Å². The molecule has 0 radical (unpaired) electrons. The zero-order valence-electron chi connectivity index (χ0n) is 11.1. The predicted octanol–water partition coefficient (Wildman–Crippen LogP) is 0.741. The van der Waals surface area contributed by atoms with Gasteiger partial charge in [-0.05, 0) is 14.0 Å². The summed E-state index contributed by atoms with van der Waals surface area (Å²) in [7, 11) is 2.06. The molecule has 2 rings (SSSR count). The first-order valence-corrected chi connectivity index (χ1v) is 6.26. The molecule has 1 aliphatic rings. The minimum absolute atomic E-state index is 0.0743. The number of carbonyl (C=O) groups excluding carboxylic acids is 1. The number of carbonyl (C=O) groups is 1. The smallest absolute Gasteiger partial charge is 0.287 e. The summed E-state index contributed by atoms with van der Waals surface area (Å²) in [4.78, 5) is 29.1. The van der Waals surface area contributed by atoms with Crippen molar-refractivity contribution in [3.63, 3.8) is 0 Å². The maximum atomic E-state index is 12.1. The van der Waals surface area contributed by atoms with Gasteiger partial charge in [-0.1, -0.05) is 0 Å². The molecule has 1 N–H and O–H groups in total. The van der Waals surface area contributed by atoms with E-state index in [4.69, 9.17) is 0 Å². The quantitative estimate of drug-likeness (QED) is 0.494. The molecule has 1 fully saturated rings. The third kappa shape index (κ3) is 3.18. The van der Waals surface area contributed by atoms with Crippen molar-refractivity contribution >= 4 is 11.5 Å². The summed E-state index contributed by atoms with van der Waals surface area (Å²) in [5.41, 5.74) is 0.229. The van der Waals surface area contributed by atoms with Crippen LogP contribution in [-0.2, 0) is 0 Å². The molecule has 0 aromatic carbocycles. The molecular formula is C12H18N4O3. The molecule has 0 saturated carbocycles. The van der Waals surface area contributed by atoms with Crippen LogP contribution >= 0.6 is 0 Å². The van der Waals surface area contributed by atoms with Crippen molar-refractivity contribution in [1.82, 2.24) is 14.8 Å². The first-order chi connectivity index (χ1) is 8.97. The Hall–Kier alpha value is -1.73. The molecule has 0 bridgehead atoms. The molecule has 2 heterocycles. The minimum Gasteiger partial charge on any atom is -0.353 e. The molecule has 0 spiro atoms. The fourth-order valence-corrected chi connectivity index (χ4v) is 2.33. The molecule has 0 amide bonds. The van der Waals surface area contributed by atoms with Crippen LogP contribution in [0.15, 0.2) is 12.3 Å². The molecule has 7 nitrogen and oxygen atoms in total. The monoisotopic (exact) mass is 266 g/mol. The van der Waals surface area contributed by atoms with Crippen LogP contribution in [0.4, 0.5) is 5.69 Å². The number of piperazine rings is 1. The number of hydrogen-bond acceptors (Lipinski definition) is 5. The largest absolute Gasteiger partial charge is 0.353 e. The van der Waals surface area contributed by atoms with E-state index in [0.717, 1.165) is 19.6 Å². The second-order valence-corrected chi connectivity index (χ2v) is 5.03. The van der Waals surface area contributed by atoms with E-state index >= 15 is 0 Å². The van der Waals surface area contributed by atoms with Crippen LogP contribution in [-0.4, -0.2) is 64.8 Å². The van der Waals surface area contributed by atoms with Gasteiger partial charge >= 0.3 is 0 Å².